The second kappa shape index (κ2) is 9.84. The lowest BCUT2D eigenvalue weighted by atomic mass is 10.1. The molecule has 0 aliphatic carbocycles. The molecule has 0 saturated heterocycles. The number of hydrogen-bond donors (Lipinski definition) is 1. The maximum absolute atomic E-state index is 13.4. The zero-order chi connectivity index (χ0) is 22.4. The van der Waals surface area contributed by atoms with Crippen LogP contribution in [0.5, 0.6) is 17.2 Å². The lowest BCUT2D eigenvalue weighted by molar-refractivity contribution is 0.0950. The highest BCUT2D eigenvalue weighted by Gasteiger charge is 2.31. The van der Waals surface area contributed by atoms with Crippen molar-refractivity contribution in [1.29, 1.82) is 0 Å². The number of benzene rings is 2. The molecule has 0 bridgehead atoms. The molecular weight excluding hydrogens is 438 g/mol. The molecule has 1 atom stereocenters. The van der Waals surface area contributed by atoms with Crippen LogP contribution < -0.4 is 19.5 Å². The lowest BCUT2D eigenvalue weighted by Crippen LogP contribution is -2.31. The summed E-state index contributed by atoms with van der Waals surface area (Å²) in [7, 11) is 0.665. The summed E-state index contributed by atoms with van der Waals surface area (Å²) in [6, 6.07) is 14.7. The van der Waals surface area contributed by atoms with E-state index in [0.29, 0.717) is 16.4 Å². The van der Waals surface area contributed by atoms with Crippen LogP contribution in [0.2, 0.25) is 0 Å². The van der Waals surface area contributed by atoms with Crippen molar-refractivity contribution in [1.82, 2.24) is 5.32 Å². The van der Waals surface area contributed by atoms with Crippen LogP contribution in [-0.4, -0.2) is 42.2 Å². The highest BCUT2D eigenvalue weighted by atomic mass is 32.2. The average molecular weight is 462 g/mol. The van der Waals surface area contributed by atoms with E-state index in [1.165, 1.54) is 44.8 Å². The lowest BCUT2D eigenvalue weighted by Gasteiger charge is -2.18. The van der Waals surface area contributed by atoms with E-state index in [4.69, 9.17) is 14.2 Å². The van der Waals surface area contributed by atoms with Crippen molar-refractivity contribution in [3.63, 3.8) is 0 Å². The van der Waals surface area contributed by atoms with Crippen LogP contribution in [0, 0.1) is 0 Å². The molecule has 9 heteroatoms. The van der Waals surface area contributed by atoms with Crippen LogP contribution in [0.15, 0.2) is 64.9 Å². The second-order valence-corrected chi connectivity index (χ2v) is 9.59. The number of ether oxygens (including phenoxy) is 3. The number of carbonyl (C=O) groups excluding carboxylic acids is 1. The van der Waals surface area contributed by atoms with E-state index >= 15 is 0 Å². The number of carbonyl (C=O) groups is 1. The van der Waals surface area contributed by atoms with Crippen molar-refractivity contribution in [3.05, 3.63) is 70.4 Å². The quantitative estimate of drug-likeness (QED) is 0.522. The van der Waals surface area contributed by atoms with Gasteiger partial charge < -0.3 is 19.5 Å². The van der Waals surface area contributed by atoms with E-state index in [1.807, 2.05) is 0 Å². The Morgan fingerprint density at radius 1 is 0.968 bits per heavy atom. The molecule has 3 aromatic rings. The average Bonchev–Trinajstić information content (AvgIpc) is 3.32. The maximum Gasteiger partial charge on any atom is 0.255 e. The van der Waals surface area contributed by atoms with E-state index in [9.17, 15) is 13.2 Å². The Morgan fingerprint density at radius 2 is 1.71 bits per heavy atom. The molecule has 31 heavy (non-hydrogen) atoms. The van der Waals surface area contributed by atoms with Gasteiger partial charge in [0.1, 0.15) is 11.0 Å². The monoisotopic (exact) mass is 461 g/mol. The highest BCUT2D eigenvalue weighted by molar-refractivity contribution is 7.91. The Kier molecular flexibility index (Phi) is 7.19. The van der Waals surface area contributed by atoms with Gasteiger partial charge in [-0.25, -0.2) is 8.42 Å². The minimum Gasteiger partial charge on any atom is -0.497 e. The molecule has 0 aliphatic rings. The van der Waals surface area contributed by atoms with E-state index < -0.39 is 21.0 Å². The summed E-state index contributed by atoms with van der Waals surface area (Å²) in [6.07, 6.45) is 0. The molecule has 1 heterocycles. The zero-order valence-electron chi connectivity index (χ0n) is 17.3. The van der Waals surface area contributed by atoms with Gasteiger partial charge in [0.05, 0.1) is 31.8 Å². The maximum atomic E-state index is 13.4. The number of nitrogens with one attached hydrogen (secondary N) is 1. The van der Waals surface area contributed by atoms with Gasteiger partial charge in [0.2, 0.25) is 0 Å². The topological polar surface area (TPSA) is 90.9 Å². The summed E-state index contributed by atoms with van der Waals surface area (Å²) in [5.41, 5.74) is 0.258. The first kappa shape index (κ1) is 22.6. The summed E-state index contributed by atoms with van der Waals surface area (Å²) in [4.78, 5) is 13.6. The van der Waals surface area contributed by atoms with Crippen molar-refractivity contribution in [2.75, 3.05) is 27.9 Å². The van der Waals surface area contributed by atoms with Gasteiger partial charge in [-0.3, -0.25) is 4.79 Å². The van der Waals surface area contributed by atoms with Crippen molar-refractivity contribution in [2.45, 2.75) is 10.1 Å². The molecule has 2 aromatic carbocycles. The Morgan fingerprint density at radius 3 is 2.29 bits per heavy atom. The van der Waals surface area contributed by atoms with Gasteiger partial charge in [-0.1, -0.05) is 12.1 Å². The molecule has 164 valence electrons. The van der Waals surface area contributed by atoms with Crippen molar-refractivity contribution in [3.8, 4) is 17.2 Å². The normalized spacial score (nSPS) is 12.1. The molecule has 1 aromatic heterocycles. The fraction of sp³-hybridized carbons (Fsp3) is 0.227. The molecular formula is C22H23NO6S2. The van der Waals surface area contributed by atoms with Crippen molar-refractivity contribution < 1.29 is 27.4 Å². The third-order valence-corrected chi connectivity index (χ3v) is 7.95. The third kappa shape index (κ3) is 4.83. The summed E-state index contributed by atoms with van der Waals surface area (Å²) < 4.78 is 42.4. The molecule has 0 fully saturated rings. The van der Waals surface area contributed by atoms with Crippen molar-refractivity contribution >= 4 is 27.1 Å². The SMILES string of the molecule is COc1ccc(S(=O)(=O)[C@@H](CNC(=O)c2cccc(OC)c2OC)c2cccs2)cc1. The number of thiophene rings is 1. The molecule has 0 radical (unpaired) electrons. The van der Waals surface area contributed by atoms with Gasteiger partial charge in [-0.05, 0) is 47.8 Å². The van der Waals surface area contributed by atoms with E-state index in [-0.39, 0.29) is 22.8 Å². The number of methoxy groups -OCH3 is 3. The van der Waals surface area contributed by atoms with Crippen LogP contribution >= 0.6 is 11.3 Å². The predicted octanol–water partition coefficient (Wildman–Crippen LogP) is 3.72. The van der Waals surface area contributed by atoms with Crippen LogP contribution in [0.4, 0.5) is 0 Å². The highest BCUT2D eigenvalue weighted by Crippen LogP contribution is 2.33. The molecule has 3 rings (SSSR count). The van der Waals surface area contributed by atoms with Gasteiger partial charge in [0.15, 0.2) is 21.3 Å². The number of rotatable bonds is 9. The van der Waals surface area contributed by atoms with Gasteiger partial charge >= 0.3 is 0 Å². The third-order valence-electron chi connectivity index (χ3n) is 4.72. The summed E-state index contributed by atoms with van der Waals surface area (Å²) in [6.45, 7) is -0.103. The smallest absolute Gasteiger partial charge is 0.255 e. The zero-order valence-corrected chi connectivity index (χ0v) is 19.0. The fourth-order valence-electron chi connectivity index (χ4n) is 3.11. The molecule has 0 aliphatic heterocycles. The van der Waals surface area contributed by atoms with E-state index in [1.54, 1.807) is 47.8 Å². The van der Waals surface area contributed by atoms with Crippen LogP contribution in [0.25, 0.3) is 0 Å². The van der Waals surface area contributed by atoms with Gasteiger partial charge in [-0.2, -0.15) is 0 Å². The van der Waals surface area contributed by atoms with Crippen LogP contribution in [0.3, 0.4) is 0 Å². The van der Waals surface area contributed by atoms with Crippen LogP contribution in [-0.2, 0) is 9.84 Å². The second-order valence-electron chi connectivity index (χ2n) is 6.48. The molecule has 1 N–H and O–H groups in total. The molecule has 0 saturated carbocycles. The molecule has 1 amide bonds. The fourth-order valence-corrected chi connectivity index (χ4v) is 5.90. The number of amides is 1. The van der Waals surface area contributed by atoms with Crippen LogP contribution in [0.1, 0.15) is 20.5 Å². The summed E-state index contributed by atoms with van der Waals surface area (Å²) in [5, 5.41) is 3.60. The predicted molar refractivity (Wildman–Crippen MR) is 119 cm³/mol. The minimum atomic E-state index is -3.77. The number of sulfone groups is 1. The number of hydrogen-bond acceptors (Lipinski definition) is 7. The Balaban J connectivity index is 1.89. The first-order chi connectivity index (χ1) is 14.9. The molecule has 0 unspecified atom stereocenters. The largest absolute Gasteiger partial charge is 0.497 e. The molecule has 7 nitrogen and oxygen atoms in total. The van der Waals surface area contributed by atoms with Gasteiger partial charge in [0.25, 0.3) is 5.91 Å². The van der Waals surface area contributed by atoms with E-state index in [0.717, 1.165) is 0 Å². The molecule has 0 spiro atoms. The standard InChI is InChI=1S/C22H23NO6S2/c1-27-15-9-11-16(12-10-15)31(25,26)20(19-8-5-13-30-19)14-23-22(24)17-6-4-7-18(28-2)21(17)29-3/h4-13,20H,14H2,1-3H3,(H,23,24)/t20-/m0/s1. The number of para-hydroxylation sites is 1. The summed E-state index contributed by atoms with van der Waals surface area (Å²) >= 11 is 1.32. The minimum absolute atomic E-state index is 0.103. The Labute approximate surface area is 185 Å². The van der Waals surface area contributed by atoms with Gasteiger partial charge in [-0.15, -0.1) is 11.3 Å². The van der Waals surface area contributed by atoms with E-state index in [2.05, 4.69) is 5.32 Å². The summed E-state index contributed by atoms with van der Waals surface area (Å²) in [5.74, 6) is 0.802. The first-order valence-electron chi connectivity index (χ1n) is 9.33. The Bertz CT molecular complexity index is 1130. The Hall–Kier alpha value is -3.04. The van der Waals surface area contributed by atoms with Gasteiger partial charge in [0, 0.05) is 11.4 Å². The van der Waals surface area contributed by atoms with Crippen molar-refractivity contribution in [2.24, 2.45) is 0 Å². The first-order valence-corrected chi connectivity index (χ1v) is 11.8.